The Bertz CT molecular complexity index is 1120. The van der Waals surface area contributed by atoms with Crippen molar-refractivity contribution in [2.24, 2.45) is 0 Å². The van der Waals surface area contributed by atoms with Crippen molar-refractivity contribution in [3.8, 4) is 0 Å². The van der Waals surface area contributed by atoms with E-state index in [1.807, 2.05) is 0 Å². The van der Waals surface area contributed by atoms with E-state index in [0.717, 1.165) is 0 Å². The molecule has 0 amide bonds. The number of aryl methyl sites for hydroxylation is 2. The third-order valence-electron chi connectivity index (χ3n) is 7.08. The molecule has 0 aliphatic rings. The van der Waals surface area contributed by atoms with Crippen LogP contribution in [0.5, 0.6) is 0 Å². The van der Waals surface area contributed by atoms with E-state index in [1.54, 1.807) is 10.4 Å². The predicted octanol–water partition coefficient (Wildman–Crippen LogP) is -4.36. The van der Waals surface area contributed by atoms with Gasteiger partial charge >= 0.3 is 21.7 Å². The first-order valence-electron chi connectivity index (χ1n) is 10.8. The molecule has 0 radical (unpaired) electrons. The van der Waals surface area contributed by atoms with Crippen molar-refractivity contribution in [3.05, 3.63) is 112 Å². The van der Waals surface area contributed by atoms with Gasteiger partial charge < -0.3 is 37.2 Å². The van der Waals surface area contributed by atoms with Gasteiger partial charge in [-0.2, -0.15) is 22.3 Å². The van der Waals surface area contributed by atoms with Crippen LogP contribution in [0.25, 0.3) is 0 Å². The Morgan fingerprint density at radius 1 is 0.500 bits per heavy atom. The fourth-order valence-corrected chi connectivity index (χ4v) is 11.4. The van der Waals surface area contributed by atoms with Crippen LogP contribution in [0.15, 0.2) is 78.9 Å². The van der Waals surface area contributed by atoms with E-state index < -0.39 is 8.07 Å². The molecule has 5 heteroatoms. The summed E-state index contributed by atoms with van der Waals surface area (Å²) in [5, 5.41) is 6.04. The minimum atomic E-state index is -2.49. The van der Waals surface area contributed by atoms with E-state index in [4.69, 9.17) is 0 Å². The summed E-state index contributed by atoms with van der Waals surface area (Å²) in [6, 6.07) is 29.4. The Morgan fingerprint density at radius 2 is 0.853 bits per heavy atom. The van der Waals surface area contributed by atoms with Gasteiger partial charge in [-0.05, 0) is 13.8 Å². The van der Waals surface area contributed by atoms with Gasteiger partial charge in [-0.3, -0.25) is 0 Å². The molecule has 0 aliphatic carbocycles. The zero-order chi connectivity index (χ0) is 21.5. The van der Waals surface area contributed by atoms with Crippen LogP contribution in [-0.2, 0) is 21.7 Å². The number of benzene rings is 3. The van der Waals surface area contributed by atoms with Crippen molar-refractivity contribution in [1.82, 2.24) is 0 Å². The average Bonchev–Trinajstić information content (AvgIpc) is 2.95. The summed E-state index contributed by atoms with van der Waals surface area (Å²) >= 11 is 0. The molecule has 4 aromatic carbocycles. The molecule has 34 heavy (non-hydrogen) atoms. The quantitative estimate of drug-likeness (QED) is 0.134. The van der Waals surface area contributed by atoms with E-state index in [0.29, 0.717) is 0 Å². The topological polar surface area (TPSA) is 0 Å². The first-order valence-corrected chi connectivity index (χ1v) is 12.8. The van der Waals surface area contributed by atoms with Gasteiger partial charge in [0.1, 0.15) is 8.07 Å². The van der Waals surface area contributed by atoms with E-state index in [9.17, 15) is 0 Å². The summed E-state index contributed by atoms with van der Waals surface area (Å²) in [6.45, 7) is 13.9. The van der Waals surface area contributed by atoms with Crippen molar-refractivity contribution < 1.29 is 58.9 Å². The first-order chi connectivity index (χ1) is 14.4. The number of halogens is 3. The molecule has 0 nitrogen and oxygen atoms in total. The monoisotopic (exact) mass is 560 g/mol. The van der Waals surface area contributed by atoms with E-state index in [2.05, 4.69) is 120 Å². The van der Waals surface area contributed by atoms with Gasteiger partial charge in [-0.15, -0.1) is 5.19 Å². The van der Waals surface area contributed by atoms with E-state index in [-0.39, 0.29) is 58.9 Å². The van der Waals surface area contributed by atoms with Crippen LogP contribution in [-0.4, -0.2) is 8.07 Å². The molecular weight excluding hydrogens is 531 g/mol. The van der Waals surface area contributed by atoms with Crippen LogP contribution in [0.2, 0.25) is 0 Å². The zero-order valence-electron chi connectivity index (χ0n) is 20.6. The SMILES string of the molecule is Cc1cccc(C)c1[Si](c1ccccc1)(c1ccccc1)[c-]1c(C)c(C)c(C)c1C.[Cl-].[Cl-].[Cl-].[Ti+4]. The average molecular weight is 562 g/mol. The third-order valence-corrected chi connectivity index (χ3v) is 12.5. The minimum Gasteiger partial charge on any atom is -1.00 e. The maximum absolute atomic E-state index is 2.49. The zero-order valence-corrected chi connectivity index (χ0v) is 25.5. The smallest absolute Gasteiger partial charge is 1.00 e. The number of hydrogen-bond acceptors (Lipinski definition) is 0. The van der Waals surface area contributed by atoms with Crippen molar-refractivity contribution in [2.45, 2.75) is 41.5 Å². The second-order valence-corrected chi connectivity index (χ2v) is 12.3. The summed E-state index contributed by atoms with van der Waals surface area (Å²) in [5.74, 6) is 0. The van der Waals surface area contributed by atoms with Crippen LogP contribution < -0.4 is 58.0 Å². The molecule has 0 heterocycles. The van der Waals surface area contributed by atoms with Crippen LogP contribution in [0, 0.1) is 41.5 Å². The second kappa shape index (κ2) is 13.2. The van der Waals surface area contributed by atoms with Crippen molar-refractivity contribution in [3.63, 3.8) is 0 Å². The Labute approximate surface area is 240 Å². The maximum atomic E-state index is 2.36. The van der Waals surface area contributed by atoms with Gasteiger partial charge in [0.05, 0.1) is 0 Å². The van der Waals surface area contributed by atoms with Crippen LogP contribution in [0.3, 0.4) is 0 Å². The Morgan fingerprint density at radius 3 is 1.21 bits per heavy atom. The molecule has 0 unspecified atom stereocenters. The van der Waals surface area contributed by atoms with Gasteiger partial charge in [-0.1, -0.05) is 133 Å². The molecule has 0 spiro atoms. The molecule has 0 aliphatic heterocycles. The Kier molecular flexibility index (Phi) is 12.7. The third kappa shape index (κ3) is 5.16. The molecule has 176 valence electrons. The normalized spacial score (nSPS) is 10.3. The number of rotatable bonds is 4. The summed E-state index contributed by atoms with van der Waals surface area (Å²) in [7, 11) is -2.49. The number of hydrogen-bond donors (Lipinski definition) is 0. The van der Waals surface area contributed by atoms with Gasteiger partial charge in [-0.25, -0.2) is 0 Å². The largest absolute Gasteiger partial charge is 4.00 e. The van der Waals surface area contributed by atoms with Crippen LogP contribution in [0.4, 0.5) is 0 Å². The van der Waals surface area contributed by atoms with E-state index in [1.165, 1.54) is 43.8 Å². The van der Waals surface area contributed by atoms with Gasteiger partial charge in [0.15, 0.2) is 0 Å². The Hall–Kier alpha value is -1.19. The Balaban J connectivity index is 0.00000272. The predicted molar refractivity (Wildman–Crippen MR) is 134 cm³/mol. The molecule has 0 atom stereocenters. The first kappa shape index (κ1) is 32.8. The molecular formula is C29H31Cl3SiTi. The maximum Gasteiger partial charge on any atom is 4.00 e. The van der Waals surface area contributed by atoms with Gasteiger partial charge in [0.25, 0.3) is 0 Å². The van der Waals surface area contributed by atoms with E-state index >= 15 is 0 Å². The van der Waals surface area contributed by atoms with Gasteiger partial charge in [0, 0.05) is 0 Å². The van der Waals surface area contributed by atoms with Crippen LogP contribution >= 0.6 is 0 Å². The van der Waals surface area contributed by atoms with Crippen molar-refractivity contribution in [1.29, 1.82) is 0 Å². The minimum absolute atomic E-state index is 0. The van der Waals surface area contributed by atoms with Crippen molar-refractivity contribution >= 4 is 28.8 Å². The standard InChI is InChI=1S/C29H31Si.3ClH.Ti/c1-20-14-13-15-21(2)28(20)30(26-16-9-7-10-17-26,27-18-11-8-12-19-27)29-24(5)22(3)23(4)25(29)6;;;;/h7-19H,1-6H3;3*1H;/q-1;;;;+4/p-3. The molecule has 0 saturated carbocycles. The molecule has 0 bridgehead atoms. The van der Waals surface area contributed by atoms with Crippen LogP contribution in [0.1, 0.15) is 33.4 Å². The summed E-state index contributed by atoms with van der Waals surface area (Å²) < 4.78 is 0. The van der Waals surface area contributed by atoms with Gasteiger partial charge in [0.2, 0.25) is 0 Å². The molecule has 0 N–H and O–H groups in total. The second-order valence-electron chi connectivity index (χ2n) is 8.62. The molecule has 4 aromatic rings. The molecule has 4 rings (SSSR count). The fourth-order valence-electron chi connectivity index (χ4n) is 5.43. The summed E-state index contributed by atoms with van der Waals surface area (Å²) in [6.07, 6.45) is 0. The van der Waals surface area contributed by atoms with Crippen molar-refractivity contribution in [2.75, 3.05) is 0 Å². The summed E-state index contributed by atoms with van der Waals surface area (Å²) in [4.78, 5) is 0. The summed E-state index contributed by atoms with van der Waals surface area (Å²) in [5.41, 5.74) is 8.60. The molecule has 0 saturated heterocycles. The molecule has 0 aromatic heterocycles. The fraction of sp³-hybridized carbons (Fsp3) is 0.207. The molecule has 0 fully saturated rings.